The quantitative estimate of drug-likeness (QED) is 0.731. The van der Waals surface area contributed by atoms with Crippen LogP contribution >= 0.6 is 0 Å². The molecular weight excluding hydrogens is 294 g/mol. The first kappa shape index (κ1) is 18.7. The highest BCUT2D eigenvalue weighted by atomic mass is 16.2. The standard InChI is InChI=1S/C22H31NO/c1-6-10-18-20(17-11-8-7-9-12-17)19(13-14-24)22(16(4)5)23-21(18)15(2)3/h7-9,11-12,15-16,24H,6,10,13-14H2,1-5H3. The Morgan fingerprint density at radius 1 is 0.875 bits per heavy atom. The van der Waals surface area contributed by atoms with Crippen LogP contribution in [0.15, 0.2) is 30.3 Å². The third-order valence-electron chi connectivity index (χ3n) is 4.48. The summed E-state index contributed by atoms with van der Waals surface area (Å²) in [6.45, 7) is 11.2. The van der Waals surface area contributed by atoms with Crippen LogP contribution in [0, 0.1) is 0 Å². The fraction of sp³-hybridized carbons (Fsp3) is 0.500. The smallest absolute Gasteiger partial charge is 0.0472 e. The first-order valence-electron chi connectivity index (χ1n) is 9.23. The zero-order chi connectivity index (χ0) is 17.7. The number of nitrogens with zero attached hydrogens (tertiary/aromatic N) is 1. The molecule has 0 aliphatic rings. The Labute approximate surface area is 147 Å². The highest BCUT2D eigenvalue weighted by molar-refractivity contribution is 5.73. The van der Waals surface area contributed by atoms with Crippen LogP contribution in [0.3, 0.4) is 0 Å². The molecule has 2 rings (SSSR count). The lowest BCUT2D eigenvalue weighted by Gasteiger charge is -2.24. The van der Waals surface area contributed by atoms with Crippen molar-refractivity contribution in [3.05, 3.63) is 52.8 Å². The van der Waals surface area contributed by atoms with Crippen molar-refractivity contribution in [3.63, 3.8) is 0 Å². The average molecular weight is 325 g/mol. The monoisotopic (exact) mass is 325 g/mol. The van der Waals surface area contributed by atoms with Gasteiger partial charge in [-0.3, -0.25) is 4.98 Å². The van der Waals surface area contributed by atoms with E-state index in [2.05, 4.69) is 65.0 Å². The van der Waals surface area contributed by atoms with E-state index in [0.717, 1.165) is 18.5 Å². The highest BCUT2D eigenvalue weighted by Crippen LogP contribution is 2.37. The number of aliphatic hydroxyl groups excluding tert-OH is 1. The molecule has 0 saturated heterocycles. The van der Waals surface area contributed by atoms with E-state index in [1.54, 1.807) is 0 Å². The van der Waals surface area contributed by atoms with Gasteiger partial charge < -0.3 is 5.11 Å². The van der Waals surface area contributed by atoms with Crippen molar-refractivity contribution in [1.29, 1.82) is 0 Å². The van der Waals surface area contributed by atoms with Crippen molar-refractivity contribution in [1.82, 2.24) is 4.98 Å². The molecule has 0 aliphatic heterocycles. The fourth-order valence-electron chi connectivity index (χ4n) is 3.48. The van der Waals surface area contributed by atoms with Gasteiger partial charge in [0.1, 0.15) is 0 Å². The van der Waals surface area contributed by atoms with E-state index in [1.165, 1.54) is 27.9 Å². The lowest BCUT2D eigenvalue weighted by atomic mass is 9.84. The molecule has 2 nitrogen and oxygen atoms in total. The predicted molar refractivity (Wildman–Crippen MR) is 103 cm³/mol. The van der Waals surface area contributed by atoms with Crippen LogP contribution < -0.4 is 0 Å². The summed E-state index contributed by atoms with van der Waals surface area (Å²) in [5.74, 6) is 0.747. The minimum atomic E-state index is 0.161. The van der Waals surface area contributed by atoms with Crippen LogP contribution in [0.5, 0.6) is 0 Å². The van der Waals surface area contributed by atoms with Gasteiger partial charge in [0.15, 0.2) is 0 Å². The lowest BCUT2D eigenvalue weighted by Crippen LogP contribution is -2.13. The molecule has 0 aliphatic carbocycles. The van der Waals surface area contributed by atoms with Crippen molar-refractivity contribution in [2.45, 2.75) is 65.7 Å². The maximum Gasteiger partial charge on any atom is 0.0472 e. The van der Waals surface area contributed by atoms with Crippen molar-refractivity contribution >= 4 is 0 Å². The second-order valence-electron chi connectivity index (χ2n) is 7.11. The molecule has 1 aromatic heterocycles. The molecule has 1 aromatic carbocycles. The van der Waals surface area contributed by atoms with E-state index in [-0.39, 0.29) is 6.61 Å². The van der Waals surface area contributed by atoms with Gasteiger partial charge in [0, 0.05) is 18.0 Å². The molecule has 1 heterocycles. The van der Waals surface area contributed by atoms with Gasteiger partial charge >= 0.3 is 0 Å². The molecule has 1 N–H and O–H groups in total. The van der Waals surface area contributed by atoms with Gasteiger partial charge in [-0.1, -0.05) is 71.4 Å². The number of pyridine rings is 1. The molecule has 0 atom stereocenters. The Bertz CT molecular complexity index is 623. The Morgan fingerprint density at radius 2 is 1.42 bits per heavy atom. The van der Waals surface area contributed by atoms with Crippen LogP contribution in [0.2, 0.25) is 0 Å². The van der Waals surface area contributed by atoms with E-state index in [9.17, 15) is 5.11 Å². The minimum absolute atomic E-state index is 0.161. The predicted octanol–water partition coefficient (Wildman–Crippen LogP) is 5.48. The summed E-state index contributed by atoms with van der Waals surface area (Å²) in [6, 6.07) is 10.6. The maximum atomic E-state index is 9.67. The molecular formula is C22H31NO. The van der Waals surface area contributed by atoms with Gasteiger partial charge in [0.2, 0.25) is 0 Å². The Balaban J connectivity index is 2.87. The first-order chi connectivity index (χ1) is 11.5. The summed E-state index contributed by atoms with van der Waals surface area (Å²) in [6.07, 6.45) is 2.79. The molecule has 2 aromatic rings. The van der Waals surface area contributed by atoms with Crippen molar-refractivity contribution in [2.24, 2.45) is 0 Å². The molecule has 0 spiro atoms. The highest BCUT2D eigenvalue weighted by Gasteiger charge is 2.22. The summed E-state index contributed by atoms with van der Waals surface area (Å²) in [5, 5.41) is 9.67. The van der Waals surface area contributed by atoms with Crippen LogP contribution in [-0.4, -0.2) is 16.7 Å². The molecule has 2 heteroatoms. The summed E-state index contributed by atoms with van der Waals surface area (Å²) in [4.78, 5) is 5.08. The van der Waals surface area contributed by atoms with Gasteiger partial charge in [-0.2, -0.15) is 0 Å². The maximum absolute atomic E-state index is 9.67. The second kappa shape index (κ2) is 8.43. The third kappa shape index (κ3) is 3.87. The third-order valence-corrected chi connectivity index (χ3v) is 4.48. The first-order valence-corrected chi connectivity index (χ1v) is 9.23. The summed E-state index contributed by atoms with van der Waals surface area (Å²) >= 11 is 0. The zero-order valence-corrected chi connectivity index (χ0v) is 15.8. The lowest BCUT2D eigenvalue weighted by molar-refractivity contribution is 0.299. The van der Waals surface area contributed by atoms with Gasteiger partial charge in [0.05, 0.1) is 0 Å². The van der Waals surface area contributed by atoms with Crippen molar-refractivity contribution in [3.8, 4) is 11.1 Å². The second-order valence-corrected chi connectivity index (χ2v) is 7.11. The Kier molecular flexibility index (Phi) is 6.56. The number of hydrogen-bond donors (Lipinski definition) is 1. The summed E-state index contributed by atoms with van der Waals surface area (Å²) < 4.78 is 0. The molecule has 0 saturated carbocycles. The number of benzene rings is 1. The van der Waals surface area contributed by atoms with Crippen molar-refractivity contribution < 1.29 is 5.11 Å². The van der Waals surface area contributed by atoms with E-state index >= 15 is 0 Å². The molecule has 0 fully saturated rings. The SMILES string of the molecule is CCCc1c(C(C)C)nc(C(C)C)c(CCO)c1-c1ccccc1. The van der Waals surface area contributed by atoms with Gasteiger partial charge in [0.25, 0.3) is 0 Å². The minimum Gasteiger partial charge on any atom is -0.396 e. The van der Waals surface area contributed by atoms with E-state index < -0.39 is 0 Å². The molecule has 0 amide bonds. The van der Waals surface area contributed by atoms with Crippen molar-refractivity contribution in [2.75, 3.05) is 6.61 Å². The van der Waals surface area contributed by atoms with Crippen LogP contribution in [0.25, 0.3) is 11.1 Å². The summed E-state index contributed by atoms with van der Waals surface area (Å²) in [7, 11) is 0. The summed E-state index contributed by atoms with van der Waals surface area (Å²) in [5.41, 5.74) is 7.52. The number of aliphatic hydroxyl groups is 1. The van der Waals surface area contributed by atoms with Gasteiger partial charge in [-0.15, -0.1) is 0 Å². The van der Waals surface area contributed by atoms with Gasteiger partial charge in [-0.25, -0.2) is 0 Å². The molecule has 0 bridgehead atoms. The number of hydrogen-bond acceptors (Lipinski definition) is 2. The molecule has 130 valence electrons. The molecule has 0 unspecified atom stereocenters. The topological polar surface area (TPSA) is 33.1 Å². The Morgan fingerprint density at radius 3 is 1.88 bits per heavy atom. The fourth-order valence-corrected chi connectivity index (χ4v) is 3.48. The average Bonchev–Trinajstić information content (AvgIpc) is 2.55. The molecule has 0 radical (unpaired) electrons. The number of rotatable bonds is 7. The normalized spacial score (nSPS) is 11.5. The zero-order valence-electron chi connectivity index (χ0n) is 15.8. The van der Waals surface area contributed by atoms with E-state index in [1.807, 2.05) is 0 Å². The number of aromatic nitrogens is 1. The van der Waals surface area contributed by atoms with Crippen LogP contribution in [0.1, 0.15) is 75.4 Å². The Hall–Kier alpha value is -1.67. The largest absolute Gasteiger partial charge is 0.396 e. The van der Waals surface area contributed by atoms with Gasteiger partial charge in [-0.05, 0) is 46.9 Å². The molecule has 24 heavy (non-hydrogen) atoms. The van der Waals surface area contributed by atoms with E-state index in [4.69, 9.17) is 4.98 Å². The van der Waals surface area contributed by atoms with Crippen LogP contribution in [0.4, 0.5) is 0 Å². The van der Waals surface area contributed by atoms with E-state index in [0.29, 0.717) is 18.3 Å². The van der Waals surface area contributed by atoms with Crippen LogP contribution in [-0.2, 0) is 12.8 Å².